The van der Waals surface area contributed by atoms with Crippen molar-refractivity contribution in [2.45, 2.75) is 37.8 Å². The number of nitrogens with one attached hydrogen (secondary N) is 2. The standard InChI is InChI=1S/C21H22N4O3S/c1-13-8-4-7-11-18(13)28-12-19-23-21(25-24-19)29-15(3)20(27)22-17-10-6-5-9-16(17)14(2)26/h4-11,15H,12H2,1-3H3,(H,22,27)(H,23,24,25)/t15-/m1/s1. The van der Waals surface area contributed by atoms with Gasteiger partial charge in [-0.3, -0.25) is 14.7 Å². The van der Waals surface area contributed by atoms with Crippen LogP contribution in [0.1, 0.15) is 35.6 Å². The van der Waals surface area contributed by atoms with Gasteiger partial charge in [0.05, 0.1) is 10.9 Å². The number of nitrogens with zero attached hydrogens (tertiary/aromatic N) is 2. The third kappa shape index (κ3) is 5.45. The summed E-state index contributed by atoms with van der Waals surface area (Å²) in [5.74, 6) is 1.03. The molecule has 0 fully saturated rings. The highest BCUT2D eigenvalue weighted by molar-refractivity contribution is 8.00. The van der Waals surface area contributed by atoms with Crippen LogP contribution in [0.25, 0.3) is 0 Å². The van der Waals surface area contributed by atoms with Crippen molar-refractivity contribution in [2.75, 3.05) is 5.32 Å². The number of benzene rings is 2. The SMILES string of the molecule is CC(=O)c1ccccc1NC(=O)[C@@H](C)Sc1n[nH]c(COc2ccccc2C)n1. The second kappa shape index (κ2) is 9.38. The summed E-state index contributed by atoms with van der Waals surface area (Å²) < 4.78 is 5.75. The Bertz CT molecular complexity index is 1020. The fourth-order valence-electron chi connectivity index (χ4n) is 2.60. The first kappa shape index (κ1) is 20.6. The minimum absolute atomic E-state index is 0.103. The Kier molecular flexibility index (Phi) is 6.66. The number of ether oxygens (including phenoxy) is 1. The van der Waals surface area contributed by atoms with Crippen molar-refractivity contribution < 1.29 is 14.3 Å². The summed E-state index contributed by atoms with van der Waals surface area (Å²) in [5, 5.41) is 9.78. The highest BCUT2D eigenvalue weighted by Gasteiger charge is 2.19. The van der Waals surface area contributed by atoms with E-state index in [-0.39, 0.29) is 18.3 Å². The maximum atomic E-state index is 12.5. The van der Waals surface area contributed by atoms with Crippen LogP contribution in [0.5, 0.6) is 5.75 Å². The molecule has 1 amide bonds. The Hall–Kier alpha value is -3.13. The Balaban J connectivity index is 1.57. The molecule has 0 saturated carbocycles. The smallest absolute Gasteiger partial charge is 0.237 e. The van der Waals surface area contributed by atoms with Crippen LogP contribution in [0, 0.1) is 6.92 Å². The lowest BCUT2D eigenvalue weighted by Crippen LogP contribution is -2.23. The average Bonchev–Trinajstić information content (AvgIpc) is 3.15. The number of aromatic nitrogens is 3. The quantitative estimate of drug-likeness (QED) is 0.430. The summed E-state index contributed by atoms with van der Waals surface area (Å²) in [6, 6.07) is 14.7. The van der Waals surface area contributed by atoms with Gasteiger partial charge in [-0.2, -0.15) is 0 Å². The van der Waals surface area contributed by atoms with Gasteiger partial charge in [-0.1, -0.05) is 42.1 Å². The number of thioether (sulfide) groups is 1. The number of carbonyl (C=O) groups excluding carboxylic acids is 2. The topological polar surface area (TPSA) is 97.0 Å². The lowest BCUT2D eigenvalue weighted by atomic mass is 10.1. The van der Waals surface area contributed by atoms with Crippen molar-refractivity contribution in [1.82, 2.24) is 15.2 Å². The number of H-pyrrole nitrogens is 1. The number of hydrogen-bond acceptors (Lipinski definition) is 6. The van der Waals surface area contributed by atoms with E-state index in [2.05, 4.69) is 20.5 Å². The number of rotatable bonds is 8. The number of aryl methyl sites for hydroxylation is 1. The van der Waals surface area contributed by atoms with E-state index in [1.54, 1.807) is 31.2 Å². The van der Waals surface area contributed by atoms with E-state index < -0.39 is 5.25 Å². The second-order valence-electron chi connectivity index (χ2n) is 6.47. The Morgan fingerprint density at radius 1 is 1.17 bits per heavy atom. The van der Waals surface area contributed by atoms with Gasteiger partial charge in [0.1, 0.15) is 12.4 Å². The molecule has 2 aromatic carbocycles. The molecule has 0 spiro atoms. The third-order valence-corrected chi connectivity index (χ3v) is 5.15. The lowest BCUT2D eigenvalue weighted by molar-refractivity contribution is -0.115. The number of carbonyl (C=O) groups is 2. The molecule has 150 valence electrons. The van der Waals surface area contributed by atoms with E-state index in [0.29, 0.717) is 22.2 Å². The van der Waals surface area contributed by atoms with Gasteiger partial charge >= 0.3 is 0 Å². The maximum Gasteiger partial charge on any atom is 0.237 e. The number of anilines is 1. The summed E-state index contributed by atoms with van der Waals surface area (Å²) in [4.78, 5) is 28.6. The minimum atomic E-state index is -0.448. The molecule has 0 bridgehead atoms. The normalized spacial score (nSPS) is 11.7. The molecule has 0 aliphatic rings. The van der Waals surface area contributed by atoms with E-state index in [4.69, 9.17) is 4.74 Å². The predicted octanol–water partition coefficient (Wildman–Crippen LogP) is 4.01. The van der Waals surface area contributed by atoms with Crippen LogP contribution in [0.4, 0.5) is 5.69 Å². The summed E-state index contributed by atoms with van der Waals surface area (Å²) >= 11 is 1.22. The number of para-hydroxylation sites is 2. The van der Waals surface area contributed by atoms with E-state index in [1.807, 2.05) is 31.2 Å². The van der Waals surface area contributed by atoms with Crippen molar-refractivity contribution in [1.29, 1.82) is 0 Å². The number of hydrogen-bond donors (Lipinski definition) is 2. The molecule has 0 aliphatic heterocycles. The monoisotopic (exact) mass is 410 g/mol. The molecule has 0 unspecified atom stereocenters. The first-order valence-corrected chi connectivity index (χ1v) is 9.99. The molecule has 29 heavy (non-hydrogen) atoms. The Labute approximate surface area is 173 Å². The van der Waals surface area contributed by atoms with Crippen molar-refractivity contribution in [2.24, 2.45) is 0 Å². The molecular formula is C21H22N4O3S. The Morgan fingerprint density at radius 2 is 1.90 bits per heavy atom. The summed E-state index contributed by atoms with van der Waals surface area (Å²) in [6.45, 7) is 5.46. The van der Waals surface area contributed by atoms with Crippen LogP contribution in [-0.2, 0) is 11.4 Å². The predicted molar refractivity (Wildman–Crippen MR) is 112 cm³/mol. The van der Waals surface area contributed by atoms with Crippen molar-refractivity contribution in [3.63, 3.8) is 0 Å². The molecule has 1 heterocycles. The van der Waals surface area contributed by atoms with Crippen LogP contribution in [0.2, 0.25) is 0 Å². The van der Waals surface area contributed by atoms with E-state index in [0.717, 1.165) is 11.3 Å². The van der Waals surface area contributed by atoms with Crippen LogP contribution in [0.3, 0.4) is 0 Å². The molecule has 3 aromatic rings. The first-order valence-electron chi connectivity index (χ1n) is 9.11. The van der Waals surface area contributed by atoms with Crippen molar-refractivity contribution in [3.05, 3.63) is 65.5 Å². The maximum absolute atomic E-state index is 12.5. The van der Waals surface area contributed by atoms with Gasteiger partial charge in [-0.25, -0.2) is 4.98 Å². The number of Topliss-reactive ketones (excluding diaryl/α,β-unsaturated/α-hetero) is 1. The van der Waals surface area contributed by atoms with Gasteiger partial charge in [-0.05, 0) is 44.5 Å². The summed E-state index contributed by atoms with van der Waals surface area (Å²) in [6.07, 6.45) is 0. The minimum Gasteiger partial charge on any atom is -0.485 e. The number of amides is 1. The lowest BCUT2D eigenvalue weighted by Gasteiger charge is -2.12. The van der Waals surface area contributed by atoms with Gasteiger partial charge in [0.15, 0.2) is 11.6 Å². The van der Waals surface area contributed by atoms with E-state index >= 15 is 0 Å². The molecule has 0 aliphatic carbocycles. The van der Waals surface area contributed by atoms with Crippen molar-refractivity contribution in [3.8, 4) is 5.75 Å². The molecule has 0 saturated heterocycles. The third-order valence-electron chi connectivity index (χ3n) is 4.18. The zero-order valence-corrected chi connectivity index (χ0v) is 17.2. The summed E-state index contributed by atoms with van der Waals surface area (Å²) in [7, 11) is 0. The molecule has 1 atom stereocenters. The summed E-state index contributed by atoms with van der Waals surface area (Å²) in [5.41, 5.74) is 2.02. The molecule has 0 radical (unpaired) electrons. The fraction of sp³-hybridized carbons (Fsp3) is 0.238. The average molecular weight is 410 g/mol. The van der Waals surface area contributed by atoms with Gasteiger partial charge < -0.3 is 10.1 Å². The first-order chi connectivity index (χ1) is 13.9. The van der Waals surface area contributed by atoms with Gasteiger partial charge in [0.2, 0.25) is 11.1 Å². The van der Waals surface area contributed by atoms with E-state index in [1.165, 1.54) is 18.7 Å². The van der Waals surface area contributed by atoms with Crippen LogP contribution >= 0.6 is 11.8 Å². The van der Waals surface area contributed by atoms with Crippen LogP contribution in [0.15, 0.2) is 53.7 Å². The molecular weight excluding hydrogens is 388 g/mol. The molecule has 1 aromatic heterocycles. The molecule has 2 N–H and O–H groups in total. The largest absolute Gasteiger partial charge is 0.485 e. The van der Waals surface area contributed by atoms with Gasteiger partial charge in [0.25, 0.3) is 0 Å². The Morgan fingerprint density at radius 3 is 2.66 bits per heavy atom. The molecule has 8 heteroatoms. The van der Waals surface area contributed by atoms with E-state index in [9.17, 15) is 9.59 Å². The van der Waals surface area contributed by atoms with Gasteiger partial charge in [-0.15, -0.1) is 5.10 Å². The highest BCUT2D eigenvalue weighted by Crippen LogP contribution is 2.23. The fourth-order valence-corrected chi connectivity index (χ4v) is 3.35. The molecule has 7 nitrogen and oxygen atoms in total. The van der Waals surface area contributed by atoms with Crippen LogP contribution < -0.4 is 10.1 Å². The van der Waals surface area contributed by atoms with Gasteiger partial charge in [0, 0.05) is 5.56 Å². The highest BCUT2D eigenvalue weighted by atomic mass is 32.2. The second-order valence-corrected chi connectivity index (χ2v) is 7.78. The number of aromatic amines is 1. The van der Waals surface area contributed by atoms with Crippen molar-refractivity contribution >= 4 is 29.1 Å². The van der Waals surface area contributed by atoms with Crippen LogP contribution in [-0.4, -0.2) is 32.1 Å². The number of ketones is 1. The zero-order chi connectivity index (χ0) is 20.8. The zero-order valence-electron chi connectivity index (χ0n) is 16.4. The molecule has 3 rings (SSSR count).